The molecule has 2 fully saturated rings. The van der Waals surface area contributed by atoms with Crippen molar-refractivity contribution < 1.29 is 96.9 Å². The first-order valence-corrected chi connectivity index (χ1v) is 16.1. The molecule has 48 heavy (non-hydrogen) atoms. The Morgan fingerprint density at radius 1 is 0.562 bits per heavy atom. The van der Waals surface area contributed by atoms with E-state index >= 15 is 0 Å². The molecule has 6 rings (SSSR count). The van der Waals surface area contributed by atoms with Crippen LogP contribution < -0.4 is 15.5 Å². The molecule has 4 N–H and O–H groups in total. The SMILES string of the molecule is [Ac].[Ac].[NH-]Cc1ccc(CN2CCN(c3ccc(F)cc3)CC2)c(Cl)c1.[NH-]Cc1ccc(CN2CCN(c3ccc(F)cc3)CC2)c(N)c1. The number of hydrogen-bond donors (Lipinski definition) is 1. The summed E-state index contributed by atoms with van der Waals surface area (Å²) < 4.78 is 26.0. The van der Waals surface area contributed by atoms with E-state index < -0.39 is 0 Å². The van der Waals surface area contributed by atoms with Crippen LogP contribution in [0, 0.1) is 99.8 Å². The zero-order valence-electron chi connectivity index (χ0n) is 27.2. The van der Waals surface area contributed by atoms with E-state index in [1.807, 2.05) is 60.7 Å². The minimum atomic E-state index is -0.196. The van der Waals surface area contributed by atoms with Gasteiger partial charge in [0.25, 0.3) is 0 Å². The quantitative estimate of drug-likeness (QED) is 0.184. The molecule has 2 aliphatic rings. The third-order valence-corrected chi connectivity index (χ3v) is 9.00. The van der Waals surface area contributed by atoms with Gasteiger partial charge in [-0.1, -0.05) is 47.0 Å². The average Bonchev–Trinajstić information content (AvgIpc) is 3.08. The number of piperazine rings is 2. The standard InChI is InChI=1S/C18H20ClFN3.C18H22FN4.2Ac/c19-18-11-14(12-21)1-2-15(18)13-22-7-9-23(10-8-22)17-5-3-16(20)4-6-17;19-16-3-5-17(6-4-16)23-9-7-22(8-10-23)13-15-2-1-14(12-20)11-18(15)21;;/h1-6,11,21H,7-10,12-13H2;1-6,11,20H,7-10,12-13,21H2;;/q2*-1;;. The normalized spacial score (nSPS) is 15.2. The summed E-state index contributed by atoms with van der Waals surface area (Å²) >= 11 is 6.31. The van der Waals surface area contributed by atoms with E-state index in [-0.39, 0.29) is 113 Å². The van der Waals surface area contributed by atoms with E-state index in [1.165, 1.54) is 24.3 Å². The molecule has 2 heterocycles. The van der Waals surface area contributed by atoms with Crippen molar-refractivity contribution in [2.75, 3.05) is 67.9 Å². The Morgan fingerprint density at radius 3 is 1.35 bits per heavy atom. The fourth-order valence-corrected chi connectivity index (χ4v) is 6.10. The van der Waals surface area contributed by atoms with Gasteiger partial charge in [0.15, 0.2) is 0 Å². The second-order valence-electron chi connectivity index (χ2n) is 11.8. The molecular formula is C36H42Ac2ClF2N7-2. The molecule has 0 aliphatic carbocycles. The van der Waals surface area contributed by atoms with Crippen molar-refractivity contribution >= 4 is 28.7 Å². The molecule has 250 valence electrons. The van der Waals surface area contributed by atoms with Gasteiger partial charge in [0.1, 0.15) is 11.6 Å². The summed E-state index contributed by atoms with van der Waals surface area (Å²) in [7, 11) is 0. The molecule has 12 heteroatoms. The van der Waals surface area contributed by atoms with Crippen molar-refractivity contribution in [1.82, 2.24) is 9.80 Å². The monoisotopic (exact) mass is 1100 g/mol. The van der Waals surface area contributed by atoms with E-state index in [4.69, 9.17) is 28.8 Å². The summed E-state index contributed by atoms with van der Waals surface area (Å²) in [6.07, 6.45) is 0. The Balaban J connectivity index is 0.000000250. The molecule has 0 bridgehead atoms. The largest absolute Gasteiger partial charge is 0.674 e. The van der Waals surface area contributed by atoms with Crippen LogP contribution in [0.2, 0.25) is 5.02 Å². The minimum absolute atomic E-state index is 0. The van der Waals surface area contributed by atoms with Gasteiger partial charge in [0, 0.05) is 176 Å². The topological polar surface area (TPSA) is 86.6 Å². The first-order valence-electron chi connectivity index (χ1n) is 15.7. The summed E-state index contributed by atoms with van der Waals surface area (Å²) in [6.45, 7) is 9.71. The number of rotatable bonds is 8. The van der Waals surface area contributed by atoms with Gasteiger partial charge in [-0.3, -0.25) is 9.80 Å². The fraction of sp³-hybridized carbons (Fsp3) is 0.333. The fourth-order valence-electron chi connectivity index (χ4n) is 5.84. The maximum absolute atomic E-state index is 13.0. The molecule has 4 aromatic carbocycles. The zero-order chi connectivity index (χ0) is 32.5. The summed E-state index contributed by atoms with van der Waals surface area (Å²) in [5, 5.41) is 0.746. The predicted octanol–water partition coefficient (Wildman–Crippen LogP) is 7.64. The van der Waals surface area contributed by atoms with Crippen molar-refractivity contribution in [1.29, 1.82) is 0 Å². The first kappa shape index (κ1) is 41.6. The van der Waals surface area contributed by atoms with Crippen LogP contribution in [-0.2, 0) is 26.2 Å². The smallest absolute Gasteiger partial charge is 0.123 e. The van der Waals surface area contributed by atoms with Gasteiger partial charge in [-0.05, 0) is 71.8 Å². The molecule has 2 saturated heterocycles. The minimum Gasteiger partial charge on any atom is -0.674 e. The predicted molar refractivity (Wildman–Crippen MR) is 186 cm³/mol. The number of nitrogen functional groups attached to an aromatic ring is 1. The molecule has 0 spiro atoms. The third-order valence-electron chi connectivity index (χ3n) is 8.65. The van der Waals surface area contributed by atoms with Crippen LogP contribution in [0.4, 0.5) is 25.8 Å². The van der Waals surface area contributed by atoms with Gasteiger partial charge in [-0.15, -0.1) is 13.1 Å². The number of hydrogen-bond acceptors (Lipinski definition) is 5. The van der Waals surface area contributed by atoms with Crippen LogP contribution in [0.5, 0.6) is 0 Å². The van der Waals surface area contributed by atoms with Crippen molar-refractivity contribution in [3.05, 3.63) is 135 Å². The van der Waals surface area contributed by atoms with Crippen LogP contribution in [0.15, 0.2) is 84.9 Å². The molecule has 2 aliphatic heterocycles. The van der Waals surface area contributed by atoms with Crippen molar-refractivity contribution in [2.45, 2.75) is 26.2 Å². The van der Waals surface area contributed by atoms with Crippen LogP contribution in [0.25, 0.3) is 11.5 Å². The van der Waals surface area contributed by atoms with E-state index in [0.29, 0.717) is 0 Å². The molecule has 0 atom stereocenters. The Bertz CT molecular complexity index is 1430. The van der Waals surface area contributed by atoms with Gasteiger partial charge < -0.3 is 27.0 Å². The summed E-state index contributed by atoms with van der Waals surface area (Å²) in [6, 6.07) is 25.2. The number of nitrogens with zero attached hydrogens (tertiary/aromatic N) is 4. The van der Waals surface area contributed by atoms with Gasteiger partial charge >= 0.3 is 0 Å². The second-order valence-corrected chi connectivity index (χ2v) is 12.2. The Morgan fingerprint density at radius 2 is 0.958 bits per heavy atom. The third kappa shape index (κ3) is 12.1. The molecule has 0 saturated carbocycles. The van der Waals surface area contributed by atoms with E-state index in [2.05, 4.69) is 19.6 Å². The van der Waals surface area contributed by atoms with Crippen LogP contribution in [0.1, 0.15) is 22.3 Å². The Labute approximate surface area is 360 Å². The maximum atomic E-state index is 13.0. The number of nitrogens with two attached hydrogens (primary N) is 1. The molecule has 0 unspecified atom stereocenters. The second kappa shape index (κ2) is 20.9. The molecular weight excluding hydrogens is 1060 g/mol. The van der Waals surface area contributed by atoms with Crippen LogP contribution in [-0.4, -0.2) is 62.2 Å². The average molecular weight is 1100 g/mol. The van der Waals surface area contributed by atoms with E-state index in [0.717, 1.165) is 110 Å². The van der Waals surface area contributed by atoms with Crippen molar-refractivity contribution in [3.63, 3.8) is 0 Å². The van der Waals surface area contributed by atoms with Crippen LogP contribution >= 0.6 is 11.6 Å². The molecule has 2 radical (unpaired) electrons. The number of anilines is 3. The van der Waals surface area contributed by atoms with E-state index in [1.54, 1.807) is 0 Å². The van der Waals surface area contributed by atoms with Gasteiger partial charge in [0.2, 0.25) is 0 Å². The summed E-state index contributed by atoms with van der Waals surface area (Å²) in [4.78, 5) is 9.32. The van der Waals surface area contributed by atoms with Crippen molar-refractivity contribution in [2.24, 2.45) is 0 Å². The molecule has 4 aromatic rings. The number of nitrogens with one attached hydrogen (secondary N) is 2. The molecule has 0 aromatic heterocycles. The van der Waals surface area contributed by atoms with Crippen molar-refractivity contribution in [3.8, 4) is 0 Å². The first-order chi connectivity index (χ1) is 22.3. The number of halogens is 3. The Hall–Kier alpha value is -0.847. The van der Waals surface area contributed by atoms with Gasteiger partial charge in [0.05, 0.1) is 0 Å². The van der Waals surface area contributed by atoms with E-state index in [9.17, 15) is 8.78 Å². The van der Waals surface area contributed by atoms with Gasteiger partial charge in [-0.25, -0.2) is 8.78 Å². The zero-order valence-corrected chi connectivity index (χ0v) is 37.5. The maximum Gasteiger partial charge on any atom is 0.123 e. The Kier molecular flexibility index (Phi) is 18.1. The van der Waals surface area contributed by atoms with Gasteiger partial charge in [-0.2, -0.15) is 0 Å². The van der Waals surface area contributed by atoms with Crippen LogP contribution in [0.3, 0.4) is 0 Å². The number of benzene rings is 4. The molecule has 7 nitrogen and oxygen atoms in total. The summed E-state index contributed by atoms with van der Waals surface area (Å²) in [5.74, 6) is -0.392. The molecule has 0 amide bonds. The summed E-state index contributed by atoms with van der Waals surface area (Å²) in [5.41, 5.74) is 27.9.